The zero-order valence-electron chi connectivity index (χ0n) is 8.55. The molecule has 0 amide bonds. The van der Waals surface area contributed by atoms with Crippen molar-refractivity contribution in [3.63, 3.8) is 0 Å². The first-order valence-electron chi connectivity index (χ1n) is 4.66. The van der Waals surface area contributed by atoms with Gasteiger partial charge >= 0.3 is 0 Å². The number of hydrogen-bond acceptors (Lipinski definition) is 4. The molecule has 15 heavy (non-hydrogen) atoms. The maximum atomic E-state index is 11.4. The summed E-state index contributed by atoms with van der Waals surface area (Å²) >= 11 is 0. The lowest BCUT2D eigenvalue weighted by atomic mass is 10.2. The number of hydrogen-bond donors (Lipinski definition) is 2. The topological polar surface area (TPSA) is 85.1 Å². The molecule has 1 aromatic rings. The molecule has 1 rings (SSSR count). The van der Waals surface area contributed by atoms with E-state index in [2.05, 4.69) is 9.71 Å². The predicted octanol–water partition coefficient (Wildman–Crippen LogP) is 0.0207. The second-order valence-electron chi connectivity index (χ2n) is 3.20. The summed E-state index contributed by atoms with van der Waals surface area (Å²) < 4.78 is 25.3. The van der Waals surface area contributed by atoms with Crippen LogP contribution >= 0.6 is 0 Å². The summed E-state index contributed by atoms with van der Waals surface area (Å²) in [4.78, 5) is 4.06. The van der Waals surface area contributed by atoms with Crippen molar-refractivity contribution in [3.8, 4) is 0 Å². The Hall–Kier alpha value is -0.980. The van der Waals surface area contributed by atoms with E-state index in [1.807, 2.05) is 6.07 Å². The van der Waals surface area contributed by atoms with E-state index in [9.17, 15) is 8.42 Å². The van der Waals surface area contributed by atoms with Crippen molar-refractivity contribution in [2.45, 2.75) is 13.0 Å². The van der Waals surface area contributed by atoms with Crippen LogP contribution in [0.1, 0.15) is 18.7 Å². The fourth-order valence-corrected chi connectivity index (χ4v) is 2.26. The molecule has 0 fully saturated rings. The number of nitrogens with one attached hydrogen (secondary N) is 1. The molecule has 0 saturated carbocycles. The SMILES string of the molecule is CC(NS(=O)(=O)CCN)c1ccccn1. The molecular formula is C9H15N3O2S. The largest absolute Gasteiger partial charge is 0.329 e. The highest BCUT2D eigenvalue weighted by Crippen LogP contribution is 2.08. The third-order valence-corrected chi connectivity index (χ3v) is 3.36. The van der Waals surface area contributed by atoms with Gasteiger partial charge in [0.2, 0.25) is 10.0 Å². The molecule has 0 aliphatic heterocycles. The van der Waals surface area contributed by atoms with E-state index in [4.69, 9.17) is 5.73 Å². The van der Waals surface area contributed by atoms with Crippen molar-refractivity contribution >= 4 is 10.0 Å². The summed E-state index contributed by atoms with van der Waals surface area (Å²) in [5.74, 6) is -0.0653. The average Bonchev–Trinajstić information content (AvgIpc) is 2.18. The molecule has 0 saturated heterocycles. The number of nitrogens with zero attached hydrogens (tertiary/aromatic N) is 1. The van der Waals surface area contributed by atoms with Gasteiger partial charge in [-0.15, -0.1) is 0 Å². The molecule has 0 spiro atoms. The highest BCUT2D eigenvalue weighted by Gasteiger charge is 2.15. The van der Waals surface area contributed by atoms with E-state index in [0.29, 0.717) is 5.69 Å². The molecule has 1 atom stereocenters. The van der Waals surface area contributed by atoms with E-state index in [1.54, 1.807) is 25.3 Å². The minimum atomic E-state index is -3.29. The zero-order valence-corrected chi connectivity index (χ0v) is 9.37. The van der Waals surface area contributed by atoms with E-state index >= 15 is 0 Å². The van der Waals surface area contributed by atoms with Crippen LogP contribution < -0.4 is 10.5 Å². The fourth-order valence-electron chi connectivity index (χ4n) is 1.18. The van der Waals surface area contributed by atoms with E-state index < -0.39 is 10.0 Å². The Bertz CT molecular complexity index is 391. The van der Waals surface area contributed by atoms with Gasteiger partial charge in [-0.1, -0.05) is 6.07 Å². The molecule has 1 heterocycles. The Balaban J connectivity index is 2.68. The maximum absolute atomic E-state index is 11.4. The van der Waals surface area contributed by atoms with Crippen LogP contribution in [0.3, 0.4) is 0 Å². The highest BCUT2D eigenvalue weighted by molar-refractivity contribution is 7.89. The van der Waals surface area contributed by atoms with E-state index in [1.165, 1.54) is 0 Å². The molecular weight excluding hydrogens is 214 g/mol. The Morgan fingerprint density at radius 2 is 2.27 bits per heavy atom. The highest BCUT2D eigenvalue weighted by atomic mass is 32.2. The molecule has 6 heteroatoms. The van der Waals surface area contributed by atoms with Crippen LogP contribution in [0.5, 0.6) is 0 Å². The van der Waals surface area contributed by atoms with Crippen molar-refractivity contribution in [2.24, 2.45) is 5.73 Å². The van der Waals surface area contributed by atoms with Crippen LogP contribution in [-0.4, -0.2) is 25.7 Å². The number of sulfonamides is 1. The van der Waals surface area contributed by atoms with Gasteiger partial charge in [0.05, 0.1) is 17.5 Å². The summed E-state index contributed by atoms with van der Waals surface area (Å²) in [6.07, 6.45) is 1.63. The number of pyridine rings is 1. The summed E-state index contributed by atoms with van der Waals surface area (Å²) in [7, 11) is -3.29. The van der Waals surface area contributed by atoms with Crippen molar-refractivity contribution in [3.05, 3.63) is 30.1 Å². The van der Waals surface area contributed by atoms with Gasteiger partial charge in [0, 0.05) is 12.7 Å². The lowest BCUT2D eigenvalue weighted by Crippen LogP contribution is -2.32. The molecule has 1 aromatic heterocycles. The van der Waals surface area contributed by atoms with Crippen LogP contribution in [0.2, 0.25) is 0 Å². The van der Waals surface area contributed by atoms with E-state index in [0.717, 1.165) is 0 Å². The lowest BCUT2D eigenvalue weighted by molar-refractivity contribution is 0.564. The summed E-state index contributed by atoms with van der Waals surface area (Å²) in [6.45, 7) is 1.86. The van der Waals surface area contributed by atoms with Crippen LogP contribution in [-0.2, 0) is 10.0 Å². The molecule has 1 unspecified atom stereocenters. The Morgan fingerprint density at radius 3 is 2.80 bits per heavy atom. The molecule has 84 valence electrons. The lowest BCUT2D eigenvalue weighted by Gasteiger charge is -2.12. The summed E-state index contributed by atoms with van der Waals surface area (Å²) in [6, 6.07) is 5.04. The molecule has 0 aliphatic rings. The van der Waals surface area contributed by atoms with Gasteiger partial charge in [-0.2, -0.15) is 0 Å². The third-order valence-electron chi connectivity index (χ3n) is 1.87. The van der Waals surface area contributed by atoms with Gasteiger partial charge in [-0.25, -0.2) is 13.1 Å². The number of aromatic nitrogens is 1. The van der Waals surface area contributed by atoms with Crippen molar-refractivity contribution < 1.29 is 8.42 Å². The normalized spacial score (nSPS) is 13.7. The van der Waals surface area contributed by atoms with Gasteiger partial charge in [0.15, 0.2) is 0 Å². The summed E-state index contributed by atoms with van der Waals surface area (Å²) in [5, 5.41) is 0. The molecule has 0 aromatic carbocycles. The number of rotatable bonds is 5. The third kappa shape index (κ3) is 3.94. The first-order chi connectivity index (χ1) is 7.05. The average molecular weight is 229 g/mol. The maximum Gasteiger partial charge on any atom is 0.213 e. The monoisotopic (exact) mass is 229 g/mol. The first-order valence-corrected chi connectivity index (χ1v) is 6.31. The van der Waals surface area contributed by atoms with Gasteiger partial charge in [-0.3, -0.25) is 4.98 Å². The Morgan fingerprint density at radius 1 is 1.53 bits per heavy atom. The number of nitrogens with two attached hydrogens (primary N) is 1. The molecule has 0 radical (unpaired) electrons. The van der Waals surface area contributed by atoms with Crippen LogP contribution in [0.25, 0.3) is 0 Å². The Labute approximate surface area is 89.8 Å². The fraction of sp³-hybridized carbons (Fsp3) is 0.444. The molecule has 0 aliphatic carbocycles. The van der Waals surface area contributed by atoms with Gasteiger partial charge in [0.25, 0.3) is 0 Å². The zero-order chi connectivity index (χ0) is 11.3. The standard InChI is InChI=1S/C9H15N3O2S/c1-8(9-4-2-3-6-11-9)12-15(13,14)7-5-10/h2-4,6,8,12H,5,7,10H2,1H3. The van der Waals surface area contributed by atoms with Crippen LogP contribution in [0.15, 0.2) is 24.4 Å². The predicted molar refractivity (Wildman–Crippen MR) is 58.6 cm³/mol. The second-order valence-corrected chi connectivity index (χ2v) is 5.08. The first kappa shape index (κ1) is 12.1. The molecule has 3 N–H and O–H groups in total. The molecule has 5 nitrogen and oxygen atoms in total. The Kier molecular flexibility index (Phi) is 4.19. The quantitative estimate of drug-likeness (QED) is 0.745. The van der Waals surface area contributed by atoms with Crippen molar-refractivity contribution in [1.29, 1.82) is 0 Å². The van der Waals surface area contributed by atoms with E-state index in [-0.39, 0.29) is 18.3 Å². The van der Waals surface area contributed by atoms with Crippen LogP contribution in [0, 0.1) is 0 Å². The van der Waals surface area contributed by atoms with Crippen molar-refractivity contribution in [2.75, 3.05) is 12.3 Å². The minimum absolute atomic E-state index is 0.0653. The van der Waals surface area contributed by atoms with Crippen molar-refractivity contribution in [1.82, 2.24) is 9.71 Å². The minimum Gasteiger partial charge on any atom is -0.329 e. The smallest absolute Gasteiger partial charge is 0.213 e. The van der Waals surface area contributed by atoms with Crippen LogP contribution in [0.4, 0.5) is 0 Å². The van der Waals surface area contributed by atoms with Gasteiger partial charge in [0.1, 0.15) is 0 Å². The summed E-state index contributed by atoms with van der Waals surface area (Å²) in [5.41, 5.74) is 5.89. The van der Waals surface area contributed by atoms with Gasteiger partial charge < -0.3 is 5.73 Å². The second kappa shape index (κ2) is 5.20. The molecule has 0 bridgehead atoms. The van der Waals surface area contributed by atoms with Gasteiger partial charge in [-0.05, 0) is 19.1 Å².